The Morgan fingerprint density at radius 2 is 2.00 bits per heavy atom. The molecular weight excluding hydrogens is 452 g/mol. The van der Waals surface area contributed by atoms with Crippen molar-refractivity contribution in [2.45, 2.75) is 39.4 Å². The molecule has 9 heteroatoms. The third-order valence-corrected chi connectivity index (χ3v) is 4.35. The molecule has 0 saturated carbocycles. The Kier molecular flexibility index (Phi) is 5.75. The second kappa shape index (κ2) is 7.30. The highest BCUT2D eigenvalue weighted by Gasteiger charge is 2.32. The van der Waals surface area contributed by atoms with Crippen molar-refractivity contribution in [1.82, 2.24) is 9.78 Å². The quantitative estimate of drug-likeness (QED) is 0.508. The van der Waals surface area contributed by atoms with Gasteiger partial charge in [0.25, 0.3) is 5.56 Å². The molecule has 0 amide bonds. The van der Waals surface area contributed by atoms with Crippen molar-refractivity contribution in [1.29, 1.82) is 0 Å². The van der Waals surface area contributed by atoms with E-state index in [2.05, 4.69) is 5.10 Å². The van der Waals surface area contributed by atoms with Gasteiger partial charge in [0.15, 0.2) is 0 Å². The van der Waals surface area contributed by atoms with E-state index < -0.39 is 23.3 Å². The van der Waals surface area contributed by atoms with Crippen molar-refractivity contribution in [2.24, 2.45) is 0 Å². The van der Waals surface area contributed by atoms with Crippen LogP contribution in [0, 0.1) is 3.57 Å². The van der Waals surface area contributed by atoms with Crippen LogP contribution in [0.4, 0.5) is 13.2 Å². The summed E-state index contributed by atoms with van der Waals surface area (Å²) in [7, 11) is 0. The van der Waals surface area contributed by atoms with Gasteiger partial charge in [0, 0.05) is 8.96 Å². The lowest BCUT2D eigenvalue weighted by Gasteiger charge is -2.16. The molecule has 2 rings (SSSR count). The van der Waals surface area contributed by atoms with Crippen molar-refractivity contribution in [3.8, 4) is 0 Å². The fourth-order valence-corrected chi connectivity index (χ4v) is 3.27. The Balaban J connectivity index is 2.78. The molecule has 1 heterocycles. The number of halogens is 4. The van der Waals surface area contributed by atoms with Crippen LogP contribution in [0.15, 0.2) is 16.9 Å². The zero-order chi connectivity index (χ0) is 18.9. The van der Waals surface area contributed by atoms with Crippen LogP contribution in [0.1, 0.15) is 37.9 Å². The second-order valence-corrected chi connectivity index (χ2v) is 6.85. The average Bonchev–Trinajstić information content (AvgIpc) is 2.48. The van der Waals surface area contributed by atoms with Crippen molar-refractivity contribution in [2.75, 3.05) is 6.61 Å². The summed E-state index contributed by atoms with van der Waals surface area (Å²) in [5.41, 5.74) is -1.14. The lowest BCUT2D eigenvalue weighted by Crippen LogP contribution is -2.30. The lowest BCUT2D eigenvalue weighted by atomic mass is 10.0. The number of rotatable bonds is 4. The molecule has 0 N–H and O–H groups in total. The zero-order valence-electron chi connectivity index (χ0n) is 13.8. The van der Waals surface area contributed by atoms with Crippen molar-refractivity contribution in [3.63, 3.8) is 0 Å². The van der Waals surface area contributed by atoms with E-state index in [1.54, 1.807) is 43.4 Å². The molecule has 2 aromatic rings. The summed E-state index contributed by atoms with van der Waals surface area (Å²) in [6, 6.07) is 1.86. The molecule has 0 atom stereocenters. The number of benzene rings is 1. The second-order valence-electron chi connectivity index (χ2n) is 5.69. The van der Waals surface area contributed by atoms with Crippen LogP contribution in [-0.4, -0.2) is 22.4 Å². The van der Waals surface area contributed by atoms with Crippen LogP contribution in [0.5, 0.6) is 0 Å². The Morgan fingerprint density at radius 1 is 1.36 bits per heavy atom. The van der Waals surface area contributed by atoms with E-state index in [1.807, 2.05) is 0 Å². The number of nitrogens with zero attached hydrogens (tertiary/aromatic N) is 2. The molecule has 0 fully saturated rings. The van der Waals surface area contributed by atoms with Gasteiger partial charge in [-0.25, -0.2) is 4.68 Å². The molecule has 1 aromatic heterocycles. The van der Waals surface area contributed by atoms with Crippen LogP contribution in [0.25, 0.3) is 10.8 Å². The normalized spacial score (nSPS) is 12.0. The maximum absolute atomic E-state index is 13.1. The number of carbonyl (C=O) groups excluding carboxylic acids is 1. The van der Waals surface area contributed by atoms with Gasteiger partial charge >= 0.3 is 12.1 Å². The van der Waals surface area contributed by atoms with Gasteiger partial charge in [-0.15, -0.1) is 0 Å². The molecule has 0 aliphatic heterocycles. The van der Waals surface area contributed by atoms with E-state index in [0.717, 1.165) is 16.8 Å². The van der Waals surface area contributed by atoms with Crippen molar-refractivity contribution < 1.29 is 22.7 Å². The minimum absolute atomic E-state index is 0.122. The summed E-state index contributed by atoms with van der Waals surface area (Å²) >= 11 is 1.70. The maximum Gasteiger partial charge on any atom is 0.416 e. The maximum atomic E-state index is 13.1. The standard InChI is InChI=1S/C16H16F3IN2O3/c1-4-25-12(23)7-22-15(24)13-10(14(21-22)8(2)3)5-9(6-11(13)20)16(17,18)19/h5-6,8H,4,7H2,1-3H3. The zero-order valence-corrected chi connectivity index (χ0v) is 15.9. The molecule has 0 aliphatic carbocycles. The van der Waals surface area contributed by atoms with Crippen LogP contribution < -0.4 is 5.56 Å². The first-order chi connectivity index (χ1) is 11.6. The summed E-state index contributed by atoms with van der Waals surface area (Å²) < 4.78 is 45.2. The largest absolute Gasteiger partial charge is 0.465 e. The van der Waals surface area contributed by atoms with Crippen molar-refractivity contribution >= 4 is 39.3 Å². The first-order valence-electron chi connectivity index (χ1n) is 7.53. The SMILES string of the molecule is CCOC(=O)Cn1nc(C(C)C)c2cc(C(F)(F)F)cc(I)c2c1=O. The van der Waals surface area contributed by atoms with E-state index in [-0.39, 0.29) is 33.4 Å². The van der Waals surface area contributed by atoms with Crippen LogP contribution in [-0.2, 0) is 22.3 Å². The molecule has 0 aliphatic rings. The number of ether oxygens (including phenoxy) is 1. The predicted molar refractivity (Wildman–Crippen MR) is 94.4 cm³/mol. The first-order valence-corrected chi connectivity index (χ1v) is 8.61. The smallest absolute Gasteiger partial charge is 0.416 e. The number of esters is 1. The first kappa shape index (κ1) is 19.7. The van der Waals surface area contributed by atoms with Gasteiger partial charge in [-0.1, -0.05) is 13.8 Å². The number of carbonyl (C=O) groups is 1. The van der Waals surface area contributed by atoms with Crippen LogP contribution in [0.2, 0.25) is 0 Å². The molecular formula is C16H16F3IN2O3. The molecule has 0 bridgehead atoms. The summed E-state index contributed by atoms with van der Waals surface area (Å²) in [6.07, 6.45) is -4.53. The molecule has 0 saturated heterocycles. The Bertz CT molecular complexity index is 876. The highest BCUT2D eigenvalue weighted by molar-refractivity contribution is 14.1. The molecule has 0 spiro atoms. The minimum atomic E-state index is -4.53. The highest BCUT2D eigenvalue weighted by atomic mass is 127. The van der Waals surface area contributed by atoms with E-state index in [0.29, 0.717) is 5.69 Å². The van der Waals surface area contributed by atoms with Gasteiger partial charge < -0.3 is 4.74 Å². The Hall–Kier alpha value is -1.65. The molecule has 5 nitrogen and oxygen atoms in total. The fourth-order valence-electron chi connectivity index (χ4n) is 2.41. The van der Waals surface area contributed by atoms with Crippen LogP contribution in [0.3, 0.4) is 0 Å². The molecule has 0 radical (unpaired) electrons. The number of fused-ring (bicyclic) bond motifs is 1. The highest BCUT2D eigenvalue weighted by Crippen LogP contribution is 2.34. The van der Waals surface area contributed by atoms with Gasteiger partial charge in [0.1, 0.15) is 6.54 Å². The van der Waals surface area contributed by atoms with E-state index in [9.17, 15) is 22.8 Å². The Labute approximate surface area is 155 Å². The van der Waals surface area contributed by atoms with Crippen LogP contribution >= 0.6 is 22.6 Å². The molecule has 1 aromatic carbocycles. The van der Waals surface area contributed by atoms with Gasteiger partial charge in [-0.05, 0) is 47.6 Å². The third-order valence-electron chi connectivity index (χ3n) is 3.50. The topological polar surface area (TPSA) is 61.2 Å². The van der Waals surface area contributed by atoms with Gasteiger partial charge in [-0.2, -0.15) is 18.3 Å². The molecule has 0 unspecified atom stereocenters. The summed E-state index contributed by atoms with van der Waals surface area (Å²) in [6.45, 7) is 4.92. The van der Waals surface area contributed by atoms with E-state index >= 15 is 0 Å². The monoisotopic (exact) mass is 468 g/mol. The molecule has 136 valence electrons. The van der Waals surface area contributed by atoms with E-state index in [4.69, 9.17) is 4.74 Å². The Morgan fingerprint density at radius 3 is 2.52 bits per heavy atom. The average molecular weight is 468 g/mol. The summed E-state index contributed by atoms with van der Waals surface area (Å²) in [4.78, 5) is 24.3. The number of alkyl halides is 3. The molecule has 25 heavy (non-hydrogen) atoms. The predicted octanol–water partition coefficient (Wildman–Crippen LogP) is 3.71. The minimum Gasteiger partial charge on any atom is -0.465 e. The van der Waals surface area contributed by atoms with E-state index in [1.165, 1.54) is 0 Å². The third kappa shape index (κ3) is 4.13. The number of hydrogen-bond acceptors (Lipinski definition) is 4. The summed E-state index contributed by atoms with van der Waals surface area (Å²) in [5.74, 6) is -0.871. The van der Waals surface area contributed by atoms with Gasteiger partial charge in [-0.3, -0.25) is 9.59 Å². The van der Waals surface area contributed by atoms with Gasteiger partial charge in [0.05, 0.1) is 23.3 Å². The number of aromatic nitrogens is 2. The van der Waals surface area contributed by atoms with Gasteiger partial charge in [0.2, 0.25) is 0 Å². The summed E-state index contributed by atoms with van der Waals surface area (Å²) in [5, 5.41) is 4.39. The lowest BCUT2D eigenvalue weighted by molar-refractivity contribution is -0.144. The number of hydrogen-bond donors (Lipinski definition) is 0. The fraction of sp³-hybridized carbons (Fsp3) is 0.438. The van der Waals surface area contributed by atoms with Crippen molar-refractivity contribution in [3.05, 3.63) is 37.3 Å².